The van der Waals surface area contributed by atoms with Gasteiger partial charge in [-0.3, -0.25) is 9.25 Å². The highest BCUT2D eigenvalue weighted by atomic mass is 19.4. The van der Waals surface area contributed by atoms with Crippen molar-refractivity contribution in [2.75, 3.05) is 5.32 Å². The summed E-state index contributed by atoms with van der Waals surface area (Å²) < 4.78 is 88.4. The second-order valence-electron chi connectivity index (χ2n) is 9.08. The molecule has 0 saturated heterocycles. The van der Waals surface area contributed by atoms with Crippen LogP contribution in [0.5, 0.6) is 5.75 Å². The minimum absolute atomic E-state index is 0.0146. The third-order valence-electron chi connectivity index (χ3n) is 6.10. The van der Waals surface area contributed by atoms with Gasteiger partial charge in [0.1, 0.15) is 23.9 Å². The highest BCUT2D eigenvalue weighted by Crippen LogP contribution is 2.48. The molecule has 2 aromatic carbocycles. The van der Waals surface area contributed by atoms with Crippen molar-refractivity contribution in [3.8, 4) is 22.6 Å². The Kier molecular flexibility index (Phi) is 5.23. The van der Waals surface area contributed by atoms with Gasteiger partial charge in [0.05, 0.1) is 28.6 Å². The maximum absolute atomic E-state index is 14.7. The van der Waals surface area contributed by atoms with Gasteiger partial charge in [0.25, 0.3) is 6.43 Å². The van der Waals surface area contributed by atoms with Crippen LogP contribution in [0.1, 0.15) is 31.1 Å². The zero-order valence-corrected chi connectivity index (χ0v) is 19.5. The van der Waals surface area contributed by atoms with Crippen LogP contribution in [0.3, 0.4) is 0 Å². The van der Waals surface area contributed by atoms with Gasteiger partial charge in [-0.05, 0) is 51.0 Å². The van der Waals surface area contributed by atoms with E-state index < -0.39 is 36.4 Å². The third kappa shape index (κ3) is 3.82. The number of aromatic nitrogens is 5. The zero-order chi connectivity index (χ0) is 26.2. The van der Waals surface area contributed by atoms with E-state index in [2.05, 4.69) is 25.3 Å². The average molecular weight is 510 g/mol. The average Bonchev–Trinajstić information content (AvgIpc) is 3.30. The largest absolute Gasteiger partial charge is 0.573 e. The zero-order valence-electron chi connectivity index (χ0n) is 19.5. The molecule has 0 bridgehead atoms. The number of nitrogens with one attached hydrogen (secondary N) is 1. The number of aryl methyl sites for hydroxylation is 1. The smallest absolute Gasteiger partial charge is 0.405 e. The summed E-state index contributed by atoms with van der Waals surface area (Å²) in [6.07, 6.45) is -6.60. The Balaban J connectivity index is 1.85. The number of rotatable bonds is 4. The number of alkyl halides is 5. The lowest BCUT2D eigenvalue weighted by molar-refractivity contribution is -0.274. The highest BCUT2D eigenvalue weighted by molar-refractivity contribution is 5.99. The van der Waals surface area contributed by atoms with Gasteiger partial charge < -0.3 is 10.1 Å². The van der Waals surface area contributed by atoms with Gasteiger partial charge in [-0.2, -0.15) is 5.10 Å². The molecule has 0 spiro atoms. The van der Waals surface area contributed by atoms with Gasteiger partial charge in [-0.1, -0.05) is 0 Å². The molecule has 0 atom stereocenters. The molecule has 0 saturated carbocycles. The maximum Gasteiger partial charge on any atom is 0.573 e. The molecule has 190 valence electrons. The molecular weight excluding hydrogens is 490 g/mol. The van der Waals surface area contributed by atoms with Crippen LogP contribution in [0.15, 0.2) is 24.4 Å². The Labute approximate surface area is 200 Å². The molecule has 1 aliphatic heterocycles. The Hall–Kier alpha value is -3.77. The second-order valence-corrected chi connectivity index (χ2v) is 9.08. The molecule has 4 aromatic rings. The fourth-order valence-electron chi connectivity index (χ4n) is 4.75. The Morgan fingerprint density at radius 1 is 1.11 bits per heavy atom. The molecule has 7 nitrogen and oxygen atoms in total. The maximum atomic E-state index is 14.7. The molecule has 36 heavy (non-hydrogen) atoms. The van der Waals surface area contributed by atoms with E-state index in [1.165, 1.54) is 12.3 Å². The molecule has 2 aromatic heterocycles. The molecule has 0 amide bonds. The SMILES string of the molecule is Cc1c(-c2cc(F)cc3c2cnn3CC(F)F)c(OC(F)(F)F)cc2c1-n1c(C)nnc1C(C)(C)N2. The Morgan fingerprint density at radius 2 is 1.83 bits per heavy atom. The molecule has 5 rings (SSSR count). The van der Waals surface area contributed by atoms with E-state index in [0.717, 1.165) is 16.8 Å². The highest BCUT2D eigenvalue weighted by Gasteiger charge is 2.39. The molecule has 0 unspecified atom stereocenters. The molecular formula is C23H20F6N6O. The molecule has 1 aliphatic rings. The van der Waals surface area contributed by atoms with E-state index in [4.69, 9.17) is 0 Å². The van der Waals surface area contributed by atoms with Crippen molar-refractivity contribution >= 4 is 16.6 Å². The van der Waals surface area contributed by atoms with E-state index in [9.17, 15) is 26.3 Å². The van der Waals surface area contributed by atoms with Crippen LogP contribution in [0.2, 0.25) is 0 Å². The van der Waals surface area contributed by atoms with Crippen LogP contribution in [-0.2, 0) is 12.1 Å². The van der Waals surface area contributed by atoms with Crippen LogP contribution in [0.25, 0.3) is 27.7 Å². The van der Waals surface area contributed by atoms with Crippen LogP contribution in [0, 0.1) is 19.7 Å². The van der Waals surface area contributed by atoms with E-state index in [0.29, 0.717) is 28.6 Å². The number of fused-ring (bicyclic) bond motifs is 4. The summed E-state index contributed by atoms with van der Waals surface area (Å²) >= 11 is 0. The minimum atomic E-state index is -5.05. The van der Waals surface area contributed by atoms with Gasteiger partial charge in [-0.25, -0.2) is 13.2 Å². The molecule has 0 fully saturated rings. The van der Waals surface area contributed by atoms with Crippen LogP contribution >= 0.6 is 0 Å². The number of hydrogen-bond acceptors (Lipinski definition) is 5. The molecule has 13 heteroatoms. The predicted molar refractivity (Wildman–Crippen MR) is 119 cm³/mol. The summed E-state index contributed by atoms with van der Waals surface area (Å²) in [5, 5.41) is 15.6. The molecule has 0 radical (unpaired) electrons. The molecule has 1 N–H and O–H groups in total. The van der Waals surface area contributed by atoms with E-state index in [1.54, 1.807) is 32.3 Å². The van der Waals surface area contributed by atoms with Gasteiger partial charge in [-0.15, -0.1) is 23.4 Å². The first kappa shape index (κ1) is 23.9. The van der Waals surface area contributed by atoms with Crippen molar-refractivity contribution in [3.63, 3.8) is 0 Å². The van der Waals surface area contributed by atoms with Crippen LogP contribution in [-0.4, -0.2) is 37.3 Å². The van der Waals surface area contributed by atoms with Crippen molar-refractivity contribution in [1.29, 1.82) is 0 Å². The number of nitrogens with zero attached hydrogens (tertiary/aromatic N) is 5. The van der Waals surface area contributed by atoms with Crippen molar-refractivity contribution < 1.29 is 31.1 Å². The van der Waals surface area contributed by atoms with Crippen LogP contribution in [0.4, 0.5) is 32.0 Å². The molecule has 0 aliphatic carbocycles. The van der Waals surface area contributed by atoms with Crippen molar-refractivity contribution in [1.82, 2.24) is 24.5 Å². The predicted octanol–water partition coefficient (Wildman–Crippen LogP) is 5.86. The summed E-state index contributed by atoms with van der Waals surface area (Å²) in [5.74, 6) is -0.387. The summed E-state index contributed by atoms with van der Waals surface area (Å²) in [6.45, 7) is 6.08. The third-order valence-corrected chi connectivity index (χ3v) is 6.10. The van der Waals surface area contributed by atoms with Gasteiger partial charge in [0.15, 0.2) is 5.82 Å². The van der Waals surface area contributed by atoms with E-state index in [-0.39, 0.29) is 22.0 Å². The first-order chi connectivity index (χ1) is 16.8. The summed E-state index contributed by atoms with van der Waals surface area (Å²) in [7, 11) is 0. The lowest BCUT2D eigenvalue weighted by atomic mass is 9.91. The fourth-order valence-corrected chi connectivity index (χ4v) is 4.75. The van der Waals surface area contributed by atoms with Crippen LogP contribution < -0.4 is 10.1 Å². The number of hydrogen-bond donors (Lipinski definition) is 1. The van der Waals surface area contributed by atoms with Gasteiger partial charge >= 0.3 is 6.36 Å². The fraction of sp³-hybridized carbons (Fsp3) is 0.348. The Morgan fingerprint density at radius 3 is 2.50 bits per heavy atom. The molecule has 3 heterocycles. The standard InChI is InChI=1S/C23H20F6N6O/c1-10-19(13-5-12(24)6-16-14(13)8-30-34(16)9-18(25)26)17(36-23(27,28)29)7-15-20(10)35-11(2)32-33-21(35)22(3,4)31-15/h5-8,18,31H,9H2,1-4H3. The number of benzene rings is 2. The normalized spacial score (nSPS) is 14.6. The first-order valence-electron chi connectivity index (χ1n) is 10.8. The quantitative estimate of drug-likeness (QED) is 0.348. The van der Waals surface area contributed by atoms with Crippen molar-refractivity contribution in [2.24, 2.45) is 0 Å². The number of ether oxygens (including phenoxy) is 1. The van der Waals surface area contributed by atoms with E-state index >= 15 is 0 Å². The number of halogens is 6. The van der Waals surface area contributed by atoms with Crippen molar-refractivity contribution in [3.05, 3.63) is 47.4 Å². The minimum Gasteiger partial charge on any atom is -0.405 e. The van der Waals surface area contributed by atoms with Crippen molar-refractivity contribution in [2.45, 2.75) is 52.6 Å². The lowest BCUT2D eigenvalue weighted by Crippen LogP contribution is -2.36. The van der Waals surface area contributed by atoms with Gasteiger partial charge in [0.2, 0.25) is 0 Å². The lowest BCUT2D eigenvalue weighted by Gasteiger charge is -2.35. The second kappa shape index (κ2) is 7.87. The summed E-state index contributed by atoms with van der Waals surface area (Å²) in [4.78, 5) is 0. The topological polar surface area (TPSA) is 69.8 Å². The van der Waals surface area contributed by atoms with E-state index in [1.807, 2.05) is 0 Å². The summed E-state index contributed by atoms with van der Waals surface area (Å²) in [6, 6.07) is 3.24. The monoisotopic (exact) mass is 510 g/mol. The first-order valence-corrected chi connectivity index (χ1v) is 10.8. The van der Waals surface area contributed by atoms with Gasteiger partial charge in [0, 0.05) is 17.0 Å². The number of anilines is 1. The summed E-state index contributed by atoms with van der Waals surface area (Å²) in [5.41, 5.74) is 0.300. The Bertz CT molecular complexity index is 1500.